The molecule has 1 aromatic rings. The van der Waals surface area contributed by atoms with Crippen molar-refractivity contribution in [2.24, 2.45) is 5.92 Å². The normalized spacial score (nSPS) is 24.0. The second-order valence-corrected chi connectivity index (χ2v) is 6.91. The number of alkyl halides is 1. The molecule has 0 saturated heterocycles. The van der Waals surface area contributed by atoms with E-state index in [1.165, 1.54) is 41.4 Å². The van der Waals surface area contributed by atoms with E-state index in [0.717, 1.165) is 11.2 Å². The Morgan fingerprint density at radius 3 is 2.50 bits per heavy atom. The number of hydrogen-bond acceptors (Lipinski definition) is 1. The van der Waals surface area contributed by atoms with Crippen molar-refractivity contribution in [1.82, 2.24) is 0 Å². The SMILES string of the molecule is CC1CCC(N(C)c2cc(Br)ccc2CBr)CC1. The van der Waals surface area contributed by atoms with Crippen LogP contribution < -0.4 is 4.90 Å². The van der Waals surface area contributed by atoms with Crippen molar-refractivity contribution < 1.29 is 0 Å². The number of halogens is 2. The second-order valence-electron chi connectivity index (χ2n) is 5.43. The van der Waals surface area contributed by atoms with Gasteiger partial charge in [-0.05, 0) is 49.3 Å². The molecule has 1 saturated carbocycles. The van der Waals surface area contributed by atoms with E-state index in [1.54, 1.807) is 0 Å². The van der Waals surface area contributed by atoms with Crippen molar-refractivity contribution in [2.75, 3.05) is 11.9 Å². The fourth-order valence-electron chi connectivity index (χ4n) is 2.80. The molecular formula is C15H21Br2N. The molecule has 0 bridgehead atoms. The van der Waals surface area contributed by atoms with Gasteiger partial charge in [-0.25, -0.2) is 0 Å². The monoisotopic (exact) mass is 373 g/mol. The molecule has 1 aliphatic rings. The molecule has 2 rings (SSSR count). The fourth-order valence-corrected chi connectivity index (χ4v) is 3.63. The molecular weight excluding hydrogens is 354 g/mol. The molecule has 1 aliphatic carbocycles. The van der Waals surface area contributed by atoms with Crippen molar-refractivity contribution >= 4 is 37.5 Å². The van der Waals surface area contributed by atoms with Crippen LogP contribution in [0.25, 0.3) is 0 Å². The summed E-state index contributed by atoms with van der Waals surface area (Å²) in [5, 5.41) is 0.920. The lowest BCUT2D eigenvalue weighted by molar-refractivity contribution is 0.340. The molecule has 1 nitrogen and oxygen atoms in total. The number of anilines is 1. The Kier molecular flexibility index (Phi) is 5.14. The predicted molar refractivity (Wildman–Crippen MR) is 86.6 cm³/mol. The van der Waals surface area contributed by atoms with Gasteiger partial charge in [0.2, 0.25) is 0 Å². The molecule has 1 fully saturated rings. The summed E-state index contributed by atoms with van der Waals surface area (Å²) < 4.78 is 1.17. The van der Waals surface area contributed by atoms with E-state index < -0.39 is 0 Å². The van der Waals surface area contributed by atoms with E-state index in [2.05, 4.69) is 68.9 Å². The zero-order valence-electron chi connectivity index (χ0n) is 11.1. The maximum atomic E-state index is 3.59. The summed E-state index contributed by atoms with van der Waals surface area (Å²) in [7, 11) is 2.24. The minimum absolute atomic E-state index is 0.702. The molecule has 0 aliphatic heterocycles. The lowest BCUT2D eigenvalue weighted by Gasteiger charge is -2.36. The molecule has 0 spiro atoms. The van der Waals surface area contributed by atoms with Gasteiger partial charge in [0.1, 0.15) is 0 Å². The number of hydrogen-bond donors (Lipinski definition) is 0. The Hall–Kier alpha value is -0.0200. The van der Waals surface area contributed by atoms with Gasteiger partial charge in [0.15, 0.2) is 0 Å². The summed E-state index contributed by atoms with van der Waals surface area (Å²) in [4.78, 5) is 2.48. The molecule has 1 aromatic carbocycles. The van der Waals surface area contributed by atoms with Crippen LogP contribution >= 0.6 is 31.9 Å². The topological polar surface area (TPSA) is 3.24 Å². The van der Waals surface area contributed by atoms with Crippen LogP contribution in [0.4, 0.5) is 5.69 Å². The first-order valence-corrected chi connectivity index (χ1v) is 8.60. The molecule has 18 heavy (non-hydrogen) atoms. The maximum absolute atomic E-state index is 3.59. The Bertz CT molecular complexity index is 397. The van der Waals surface area contributed by atoms with Crippen LogP contribution in [0.15, 0.2) is 22.7 Å². The summed E-state index contributed by atoms with van der Waals surface area (Å²) in [6.07, 6.45) is 5.39. The predicted octanol–water partition coefficient (Wildman–Crippen LogP) is 5.36. The highest BCUT2D eigenvalue weighted by molar-refractivity contribution is 9.10. The van der Waals surface area contributed by atoms with Crippen molar-refractivity contribution in [3.8, 4) is 0 Å². The van der Waals surface area contributed by atoms with Gasteiger partial charge in [-0.3, -0.25) is 0 Å². The highest BCUT2D eigenvalue weighted by atomic mass is 79.9. The lowest BCUT2D eigenvalue weighted by atomic mass is 9.86. The zero-order chi connectivity index (χ0) is 13.1. The summed E-state index contributed by atoms with van der Waals surface area (Å²) in [6.45, 7) is 2.37. The minimum atomic E-state index is 0.702. The fraction of sp³-hybridized carbons (Fsp3) is 0.600. The van der Waals surface area contributed by atoms with E-state index in [1.807, 2.05) is 0 Å². The van der Waals surface area contributed by atoms with Gasteiger partial charge in [0.25, 0.3) is 0 Å². The van der Waals surface area contributed by atoms with Crippen molar-refractivity contribution in [1.29, 1.82) is 0 Å². The third-order valence-electron chi connectivity index (χ3n) is 4.10. The summed E-state index contributed by atoms with van der Waals surface area (Å²) in [5.41, 5.74) is 2.74. The van der Waals surface area contributed by atoms with Crippen LogP contribution in [0, 0.1) is 5.92 Å². The van der Waals surface area contributed by atoms with E-state index in [-0.39, 0.29) is 0 Å². The maximum Gasteiger partial charge on any atom is 0.0418 e. The molecule has 3 heteroatoms. The smallest absolute Gasteiger partial charge is 0.0418 e. The van der Waals surface area contributed by atoms with Crippen molar-refractivity contribution in [3.63, 3.8) is 0 Å². The Labute approximate surface area is 127 Å². The molecule has 0 amide bonds. The highest BCUT2D eigenvalue weighted by Gasteiger charge is 2.23. The first kappa shape index (κ1) is 14.4. The van der Waals surface area contributed by atoms with Crippen LogP contribution in [0.5, 0.6) is 0 Å². The van der Waals surface area contributed by atoms with Gasteiger partial charge in [0.05, 0.1) is 0 Å². The third kappa shape index (κ3) is 3.30. The average molecular weight is 375 g/mol. The van der Waals surface area contributed by atoms with E-state index >= 15 is 0 Å². The van der Waals surface area contributed by atoms with Crippen LogP contribution in [-0.4, -0.2) is 13.1 Å². The summed E-state index contributed by atoms with van der Waals surface area (Å²) >= 11 is 7.18. The van der Waals surface area contributed by atoms with Gasteiger partial charge in [-0.15, -0.1) is 0 Å². The second kappa shape index (κ2) is 6.42. The number of nitrogens with zero attached hydrogens (tertiary/aromatic N) is 1. The lowest BCUT2D eigenvalue weighted by Crippen LogP contribution is -2.35. The van der Waals surface area contributed by atoms with Crippen molar-refractivity contribution in [2.45, 2.75) is 44.0 Å². The van der Waals surface area contributed by atoms with Crippen LogP contribution in [0.1, 0.15) is 38.2 Å². The highest BCUT2D eigenvalue weighted by Crippen LogP contribution is 2.33. The van der Waals surface area contributed by atoms with E-state index in [0.29, 0.717) is 6.04 Å². The third-order valence-corrected chi connectivity index (χ3v) is 5.20. The van der Waals surface area contributed by atoms with Crippen molar-refractivity contribution in [3.05, 3.63) is 28.2 Å². The Morgan fingerprint density at radius 1 is 1.22 bits per heavy atom. The van der Waals surface area contributed by atoms with Crippen LogP contribution in [0.2, 0.25) is 0 Å². The van der Waals surface area contributed by atoms with Gasteiger partial charge in [-0.1, -0.05) is 44.8 Å². The molecule has 0 N–H and O–H groups in total. The van der Waals surface area contributed by atoms with Gasteiger partial charge in [0, 0.05) is 28.6 Å². The zero-order valence-corrected chi connectivity index (χ0v) is 14.3. The summed E-state index contributed by atoms with van der Waals surface area (Å²) in [5.74, 6) is 0.910. The van der Waals surface area contributed by atoms with Gasteiger partial charge in [-0.2, -0.15) is 0 Å². The number of benzene rings is 1. The summed E-state index contributed by atoms with van der Waals surface area (Å²) in [6, 6.07) is 7.27. The molecule has 0 atom stereocenters. The quantitative estimate of drug-likeness (QED) is 0.643. The van der Waals surface area contributed by atoms with Crippen LogP contribution in [-0.2, 0) is 5.33 Å². The minimum Gasteiger partial charge on any atom is -0.371 e. The molecule has 0 heterocycles. The van der Waals surface area contributed by atoms with E-state index in [9.17, 15) is 0 Å². The standard InChI is InChI=1S/C15H21Br2N/c1-11-3-7-14(8-4-11)18(2)15-9-13(17)6-5-12(15)10-16/h5-6,9,11,14H,3-4,7-8,10H2,1-2H3. The molecule has 0 radical (unpaired) electrons. The molecule has 0 unspecified atom stereocenters. The molecule has 0 aromatic heterocycles. The first-order valence-electron chi connectivity index (χ1n) is 6.69. The van der Waals surface area contributed by atoms with E-state index in [4.69, 9.17) is 0 Å². The van der Waals surface area contributed by atoms with Gasteiger partial charge >= 0.3 is 0 Å². The van der Waals surface area contributed by atoms with Gasteiger partial charge < -0.3 is 4.90 Å². The Morgan fingerprint density at radius 2 is 1.89 bits per heavy atom. The average Bonchev–Trinajstić information content (AvgIpc) is 2.39. The molecule has 100 valence electrons. The number of rotatable bonds is 3. The largest absolute Gasteiger partial charge is 0.371 e. The Balaban J connectivity index is 2.17. The first-order chi connectivity index (χ1) is 8.61. The van der Waals surface area contributed by atoms with Crippen LogP contribution in [0.3, 0.4) is 0 Å².